The molecule has 1 aromatic heterocycles. The summed E-state index contributed by atoms with van der Waals surface area (Å²) in [6, 6.07) is 11.7. The van der Waals surface area contributed by atoms with Crippen LogP contribution in [-0.4, -0.2) is 43.8 Å². The molecule has 3 heterocycles. The molecular weight excluding hydrogens is 358 g/mol. The molecule has 7 nitrogen and oxygen atoms in total. The molecule has 28 heavy (non-hydrogen) atoms. The number of methoxy groups -OCH3 is 2. The quantitative estimate of drug-likeness (QED) is 0.750. The van der Waals surface area contributed by atoms with Crippen LogP contribution in [0.2, 0.25) is 0 Å². The van der Waals surface area contributed by atoms with Crippen molar-refractivity contribution in [2.24, 2.45) is 0 Å². The van der Waals surface area contributed by atoms with Crippen molar-refractivity contribution >= 4 is 5.82 Å². The molecule has 0 saturated carbocycles. The minimum absolute atomic E-state index is 0.556. The fraction of sp³-hybridized carbons (Fsp3) is 0.286. The van der Waals surface area contributed by atoms with Gasteiger partial charge in [-0.15, -0.1) is 0 Å². The molecule has 0 bridgehead atoms. The van der Waals surface area contributed by atoms with Crippen molar-refractivity contribution in [3.63, 3.8) is 0 Å². The van der Waals surface area contributed by atoms with E-state index < -0.39 is 0 Å². The third-order valence-corrected chi connectivity index (χ3v) is 5.09. The van der Waals surface area contributed by atoms with Crippen LogP contribution in [0.1, 0.15) is 5.56 Å². The smallest absolute Gasteiger partial charge is 0.163 e. The molecule has 2 aliphatic heterocycles. The van der Waals surface area contributed by atoms with Gasteiger partial charge in [0, 0.05) is 29.8 Å². The minimum atomic E-state index is 0.556. The number of nitrogens with one attached hydrogen (secondary N) is 1. The molecule has 3 aromatic rings. The molecule has 0 amide bonds. The van der Waals surface area contributed by atoms with Gasteiger partial charge in [-0.1, -0.05) is 0 Å². The Balaban J connectivity index is 1.63. The zero-order valence-electron chi connectivity index (χ0n) is 15.8. The fourth-order valence-electron chi connectivity index (χ4n) is 3.74. The van der Waals surface area contributed by atoms with Gasteiger partial charge in [0.1, 0.15) is 36.2 Å². The van der Waals surface area contributed by atoms with Gasteiger partial charge in [0.15, 0.2) is 11.5 Å². The van der Waals surface area contributed by atoms with E-state index in [1.54, 1.807) is 14.2 Å². The van der Waals surface area contributed by atoms with Crippen LogP contribution < -0.4 is 24.3 Å². The van der Waals surface area contributed by atoms with Crippen LogP contribution in [0.25, 0.3) is 16.9 Å². The fourth-order valence-corrected chi connectivity index (χ4v) is 3.74. The standard InChI is InChI=1S/C21H21N3O4/c1-25-14-4-5-15(18(12-14)26-2)20-16-7-8-22-21(16)24(23-20)13-3-6-17-19(11-13)28-10-9-27-17/h3-6,11-12,22H,7-10H2,1-2H3. The number of anilines is 1. The van der Waals surface area contributed by atoms with E-state index in [0.29, 0.717) is 13.2 Å². The van der Waals surface area contributed by atoms with Crippen molar-refractivity contribution in [2.45, 2.75) is 6.42 Å². The molecule has 5 rings (SSSR count). The van der Waals surface area contributed by atoms with E-state index in [-0.39, 0.29) is 0 Å². The number of fused-ring (bicyclic) bond motifs is 2. The summed E-state index contributed by atoms with van der Waals surface area (Å²) in [5, 5.41) is 8.38. The van der Waals surface area contributed by atoms with Gasteiger partial charge in [0.2, 0.25) is 0 Å². The molecule has 7 heteroatoms. The molecule has 0 spiro atoms. The molecule has 0 saturated heterocycles. The molecule has 144 valence electrons. The Morgan fingerprint density at radius 3 is 2.68 bits per heavy atom. The van der Waals surface area contributed by atoms with E-state index in [4.69, 9.17) is 24.0 Å². The summed E-state index contributed by atoms with van der Waals surface area (Å²) >= 11 is 0. The number of hydrogen-bond acceptors (Lipinski definition) is 6. The Kier molecular flexibility index (Phi) is 4.00. The first-order valence-electron chi connectivity index (χ1n) is 9.26. The van der Waals surface area contributed by atoms with Crippen LogP contribution in [-0.2, 0) is 6.42 Å². The first-order valence-corrected chi connectivity index (χ1v) is 9.26. The topological polar surface area (TPSA) is 66.8 Å². The van der Waals surface area contributed by atoms with Crippen LogP contribution in [0.5, 0.6) is 23.0 Å². The van der Waals surface area contributed by atoms with Crippen molar-refractivity contribution < 1.29 is 18.9 Å². The number of nitrogens with zero attached hydrogens (tertiary/aromatic N) is 2. The lowest BCUT2D eigenvalue weighted by molar-refractivity contribution is 0.171. The second-order valence-corrected chi connectivity index (χ2v) is 6.66. The molecule has 0 atom stereocenters. The predicted octanol–water partition coefficient (Wildman–Crippen LogP) is 3.30. The summed E-state index contributed by atoms with van der Waals surface area (Å²) in [6.45, 7) is 2.01. The third kappa shape index (κ3) is 2.62. The average Bonchev–Trinajstić information content (AvgIpc) is 3.36. The van der Waals surface area contributed by atoms with Crippen molar-refractivity contribution in [3.8, 4) is 39.9 Å². The molecule has 0 radical (unpaired) electrons. The van der Waals surface area contributed by atoms with E-state index >= 15 is 0 Å². The van der Waals surface area contributed by atoms with Crippen molar-refractivity contribution in [1.82, 2.24) is 9.78 Å². The predicted molar refractivity (Wildman–Crippen MR) is 105 cm³/mol. The molecule has 2 aliphatic rings. The lowest BCUT2D eigenvalue weighted by Gasteiger charge is -2.19. The molecule has 1 N–H and O–H groups in total. The number of hydrogen-bond donors (Lipinski definition) is 1. The summed E-state index contributed by atoms with van der Waals surface area (Å²) < 4.78 is 24.2. The van der Waals surface area contributed by atoms with E-state index in [1.165, 1.54) is 5.56 Å². The van der Waals surface area contributed by atoms with Gasteiger partial charge in [-0.05, 0) is 30.7 Å². The maximum absolute atomic E-state index is 5.74. The van der Waals surface area contributed by atoms with Gasteiger partial charge in [0.05, 0.1) is 19.9 Å². The van der Waals surface area contributed by atoms with Gasteiger partial charge < -0.3 is 24.3 Å². The Morgan fingerprint density at radius 2 is 1.86 bits per heavy atom. The molecule has 0 aliphatic carbocycles. The SMILES string of the molecule is COc1ccc(-c2nn(-c3ccc4c(c3)OCCO4)c3c2CCN3)c(OC)c1. The van der Waals surface area contributed by atoms with Gasteiger partial charge in [-0.3, -0.25) is 0 Å². The average molecular weight is 379 g/mol. The maximum Gasteiger partial charge on any atom is 0.163 e. The summed E-state index contributed by atoms with van der Waals surface area (Å²) in [7, 11) is 3.31. The van der Waals surface area contributed by atoms with Gasteiger partial charge in [0.25, 0.3) is 0 Å². The second-order valence-electron chi connectivity index (χ2n) is 6.66. The highest BCUT2D eigenvalue weighted by atomic mass is 16.6. The summed E-state index contributed by atoms with van der Waals surface area (Å²) in [5.74, 6) is 4.01. The Bertz CT molecular complexity index is 1040. The number of rotatable bonds is 4. The summed E-state index contributed by atoms with van der Waals surface area (Å²) in [4.78, 5) is 0. The molecule has 0 unspecified atom stereocenters. The van der Waals surface area contributed by atoms with Gasteiger partial charge >= 0.3 is 0 Å². The normalized spacial score (nSPS) is 14.4. The number of benzene rings is 2. The van der Waals surface area contributed by atoms with E-state index in [0.717, 1.165) is 58.7 Å². The zero-order valence-corrected chi connectivity index (χ0v) is 15.8. The van der Waals surface area contributed by atoms with Crippen LogP contribution in [0.3, 0.4) is 0 Å². The van der Waals surface area contributed by atoms with E-state index in [9.17, 15) is 0 Å². The summed E-state index contributed by atoms with van der Waals surface area (Å²) in [5.41, 5.74) is 3.96. The lowest BCUT2D eigenvalue weighted by atomic mass is 10.1. The highest BCUT2D eigenvalue weighted by molar-refractivity contribution is 5.77. The molecule has 0 fully saturated rings. The monoisotopic (exact) mass is 379 g/mol. The Hall–Kier alpha value is -3.35. The van der Waals surface area contributed by atoms with Crippen molar-refractivity contribution in [2.75, 3.05) is 39.3 Å². The largest absolute Gasteiger partial charge is 0.497 e. The zero-order chi connectivity index (χ0) is 19.1. The number of ether oxygens (including phenoxy) is 4. The number of aromatic nitrogens is 2. The first kappa shape index (κ1) is 16.8. The van der Waals surface area contributed by atoms with E-state index in [1.807, 2.05) is 41.1 Å². The second kappa shape index (κ2) is 6.67. The Labute approximate surface area is 162 Å². The van der Waals surface area contributed by atoms with Crippen LogP contribution >= 0.6 is 0 Å². The van der Waals surface area contributed by atoms with E-state index in [2.05, 4.69) is 5.32 Å². The van der Waals surface area contributed by atoms with Crippen LogP contribution in [0, 0.1) is 0 Å². The highest BCUT2D eigenvalue weighted by Crippen LogP contribution is 2.41. The summed E-state index contributed by atoms with van der Waals surface area (Å²) in [6.07, 6.45) is 0.907. The molecular formula is C21H21N3O4. The van der Waals surface area contributed by atoms with Crippen LogP contribution in [0.4, 0.5) is 5.82 Å². The van der Waals surface area contributed by atoms with Gasteiger partial charge in [-0.25, -0.2) is 4.68 Å². The van der Waals surface area contributed by atoms with Gasteiger partial charge in [-0.2, -0.15) is 5.10 Å². The highest BCUT2D eigenvalue weighted by Gasteiger charge is 2.26. The molecule has 2 aromatic carbocycles. The maximum atomic E-state index is 5.74. The third-order valence-electron chi connectivity index (χ3n) is 5.09. The lowest BCUT2D eigenvalue weighted by Crippen LogP contribution is -2.15. The van der Waals surface area contributed by atoms with Crippen LogP contribution in [0.15, 0.2) is 36.4 Å². The van der Waals surface area contributed by atoms with Crippen molar-refractivity contribution in [3.05, 3.63) is 42.0 Å². The first-order chi connectivity index (χ1) is 13.8. The van der Waals surface area contributed by atoms with Crippen molar-refractivity contribution in [1.29, 1.82) is 0 Å². The minimum Gasteiger partial charge on any atom is -0.497 e. The Morgan fingerprint density at radius 1 is 1.00 bits per heavy atom.